The summed E-state index contributed by atoms with van der Waals surface area (Å²) in [5, 5.41) is 12.1. The van der Waals surface area contributed by atoms with Gasteiger partial charge in [0.2, 0.25) is 5.76 Å². The molecule has 2 aliphatic rings. The lowest BCUT2D eigenvalue weighted by Gasteiger charge is -2.40. The molecule has 0 saturated heterocycles. The summed E-state index contributed by atoms with van der Waals surface area (Å²) in [5.41, 5.74) is 0.318. The van der Waals surface area contributed by atoms with Gasteiger partial charge in [0.15, 0.2) is 5.75 Å². The second-order valence-electron chi connectivity index (χ2n) is 4.81. The van der Waals surface area contributed by atoms with E-state index in [2.05, 4.69) is 5.32 Å². The Balaban J connectivity index is 1.88. The fraction of sp³-hybridized carbons (Fsp3) is 0.583. The summed E-state index contributed by atoms with van der Waals surface area (Å²) in [7, 11) is 0. The highest BCUT2D eigenvalue weighted by Gasteiger charge is 2.40. The third-order valence-electron chi connectivity index (χ3n) is 3.63. The van der Waals surface area contributed by atoms with Crippen molar-refractivity contribution in [1.82, 2.24) is 0 Å². The van der Waals surface area contributed by atoms with Gasteiger partial charge in [0.05, 0.1) is 6.54 Å². The number of carboxylic acid groups (broad SMARTS) is 1. The molecule has 1 fully saturated rings. The standard InChI is InChI=1S/C12H15NO4/c14-11(15)10-9-8(6-16-10)17-12(7-13-9)4-2-1-3-5-12/h6,13H,1-5,7H2,(H,14,15). The Kier molecular flexibility index (Phi) is 2.28. The van der Waals surface area contributed by atoms with E-state index in [0.29, 0.717) is 18.0 Å². The topological polar surface area (TPSA) is 71.7 Å². The van der Waals surface area contributed by atoms with Crippen LogP contribution in [0.1, 0.15) is 42.7 Å². The van der Waals surface area contributed by atoms with Gasteiger partial charge in [-0.2, -0.15) is 0 Å². The van der Waals surface area contributed by atoms with E-state index in [-0.39, 0.29) is 11.4 Å². The number of furan rings is 1. The second kappa shape index (κ2) is 3.68. The van der Waals surface area contributed by atoms with Crippen LogP contribution in [0.3, 0.4) is 0 Å². The first-order chi connectivity index (χ1) is 8.20. The molecule has 5 heteroatoms. The van der Waals surface area contributed by atoms with Crippen LogP contribution in [0.4, 0.5) is 5.69 Å². The quantitative estimate of drug-likeness (QED) is 0.785. The molecule has 1 saturated carbocycles. The van der Waals surface area contributed by atoms with Gasteiger partial charge in [0.1, 0.15) is 17.6 Å². The minimum Gasteiger partial charge on any atom is -0.480 e. The van der Waals surface area contributed by atoms with Crippen molar-refractivity contribution in [2.24, 2.45) is 0 Å². The average Bonchev–Trinajstić information content (AvgIpc) is 2.72. The largest absolute Gasteiger partial charge is 0.480 e. The SMILES string of the molecule is O=C(O)c1occ2c1NCC1(CCCCC1)O2. The van der Waals surface area contributed by atoms with Crippen molar-refractivity contribution < 1.29 is 19.1 Å². The first-order valence-electron chi connectivity index (χ1n) is 5.98. The number of hydrogen-bond donors (Lipinski definition) is 2. The summed E-state index contributed by atoms with van der Waals surface area (Å²) >= 11 is 0. The molecule has 1 aliphatic carbocycles. The molecule has 0 radical (unpaired) electrons. The molecule has 3 rings (SSSR count). The number of ether oxygens (including phenoxy) is 1. The van der Waals surface area contributed by atoms with Gasteiger partial charge < -0.3 is 19.6 Å². The lowest BCUT2D eigenvalue weighted by atomic mass is 9.84. The van der Waals surface area contributed by atoms with E-state index in [0.717, 1.165) is 12.8 Å². The Bertz CT molecular complexity index is 445. The predicted molar refractivity (Wildman–Crippen MR) is 60.6 cm³/mol. The van der Waals surface area contributed by atoms with Crippen LogP contribution >= 0.6 is 0 Å². The maximum Gasteiger partial charge on any atom is 0.374 e. The molecule has 0 amide bonds. The van der Waals surface area contributed by atoms with Crippen LogP contribution in [0.15, 0.2) is 10.7 Å². The summed E-state index contributed by atoms with van der Waals surface area (Å²) < 4.78 is 11.0. The van der Waals surface area contributed by atoms with E-state index in [9.17, 15) is 4.79 Å². The van der Waals surface area contributed by atoms with Crippen LogP contribution in [-0.4, -0.2) is 23.2 Å². The van der Waals surface area contributed by atoms with Gasteiger partial charge in [-0.25, -0.2) is 4.79 Å². The highest BCUT2D eigenvalue weighted by molar-refractivity contribution is 5.93. The smallest absolute Gasteiger partial charge is 0.374 e. The monoisotopic (exact) mass is 237 g/mol. The van der Waals surface area contributed by atoms with E-state index in [1.54, 1.807) is 0 Å². The van der Waals surface area contributed by atoms with Gasteiger partial charge in [0.25, 0.3) is 0 Å². The van der Waals surface area contributed by atoms with Crippen LogP contribution in [-0.2, 0) is 0 Å². The van der Waals surface area contributed by atoms with Crippen molar-refractivity contribution in [2.75, 3.05) is 11.9 Å². The zero-order valence-electron chi connectivity index (χ0n) is 9.49. The minimum absolute atomic E-state index is 0.0642. The van der Waals surface area contributed by atoms with E-state index in [4.69, 9.17) is 14.3 Å². The maximum atomic E-state index is 10.9. The number of hydrogen-bond acceptors (Lipinski definition) is 4. The van der Waals surface area contributed by atoms with E-state index < -0.39 is 5.97 Å². The molecular weight excluding hydrogens is 222 g/mol. The molecule has 0 bridgehead atoms. The van der Waals surface area contributed by atoms with Crippen molar-refractivity contribution in [2.45, 2.75) is 37.7 Å². The summed E-state index contributed by atoms with van der Waals surface area (Å²) in [6.45, 7) is 0.666. The Morgan fingerprint density at radius 3 is 2.82 bits per heavy atom. The number of carbonyl (C=O) groups is 1. The number of nitrogens with one attached hydrogen (secondary N) is 1. The fourth-order valence-electron chi connectivity index (χ4n) is 2.74. The fourth-order valence-corrected chi connectivity index (χ4v) is 2.74. The number of aromatic carboxylic acids is 1. The van der Waals surface area contributed by atoms with Crippen molar-refractivity contribution in [3.8, 4) is 5.75 Å². The van der Waals surface area contributed by atoms with Crippen molar-refractivity contribution in [3.63, 3.8) is 0 Å². The Morgan fingerprint density at radius 2 is 2.12 bits per heavy atom. The minimum atomic E-state index is -1.07. The summed E-state index contributed by atoms with van der Waals surface area (Å²) in [4.78, 5) is 10.9. The van der Waals surface area contributed by atoms with Crippen molar-refractivity contribution >= 4 is 11.7 Å². The van der Waals surface area contributed by atoms with E-state index in [1.165, 1.54) is 25.5 Å². The molecule has 1 aromatic rings. The third-order valence-corrected chi connectivity index (χ3v) is 3.63. The van der Waals surface area contributed by atoms with Crippen LogP contribution in [0.5, 0.6) is 5.75 Å². The van der Waals surface area contributed by atoms with Crippen LogP contribution < -0.4 is 10.1 Å². The zero-order chi connectivity index (χ0) is 11.9. The summed E-state index contributed by atoms with van der Waals surface area (Å²) in [6.07, 6.45) is 7.02. The van der Waals surface area contributed by atoms with E-state index in [1.807, 2.05) is 0 Å². The van der Waals surface area contributed by atoms with Crippen LogP contribution in [0.25, 0.3) is 0 Å². The van der Waals surface area contributed by atoms with Crippen molar-refractivity contribution in [3.05, 3.63) is 12.0 Å². The normalized spacial score (nSPS) is 21.4. The first-order valence-corrected chi connectivity index (χ1v) is 5.98. The van der Waals surface area contributed by atoms with Gasteiger partial charge in [-0.15, -0.1) is 0 Å². The van der Waals surface area contributed by atoms with Gasteiger partial charge >= 0.3 is 5.97 Å². The highest BCUT2D eigenvalue weighted by Crippen LogP contribution is 2.42. The Morgan fingerprint density at radius 1 is 1.35 bits per heavy atom. The highest BCUT2D eigenvalue weighted by atomic mass is 16.5. The van der Waals surface area contributed by atoms with Gasteiger partial charge in [-0.1, -0.05) is 6.42 Å². The van der Waals surface area contributed by atoms with Gasteiger partial charge in [-0.3, -0.25) is 0 Å². The lowest BCUT2D eigenvalue weighted by Crippen LogP contribution is -2.47. The molecule has 0 atom stereocenters. The molecule has 1 aliphatic heterocycles. The average molecular weight is 237 g/mol. The van der Waals surface area contributed by atoms with E-state index >= 15 is 0 Å². The molecule has 1 aromatic heterocycles. The maximum absolute atomic E-state index is 10.9. The van der Waals surface area contributed by atoms with Crippen LogP contribution in [0, 0.1) is 0 Å². The zero-order valence-corrected chi connectivity index (χ0v) is 9.49. The van der Waals surface area contributed by atoms with Crippen LogP contribution in [0.2, 0.25) is 0 Å². The number of carboxylic acids is 1. The molecule has 5 nitrogen and oxygen atoms in total. The third kappa shape index (κ3) is 1.66. The summed E-state index contributed by atoms with van der Waals surface area (Å²) in [6, 6.07) is 0. The number of anilines is 1. The molecule has 2 N–H and O–H groups in total. The molecule has 92 valence electrons. The molecule has 0 unspecified atom stereocenters. The lowest BCUT2D eigenvalue weighted by molar-refractivity contribution is 0.0365. The Labute approximate surface area is 98.8 Å². The van der Waals surface area contributed by atoms with Gasteiger partial charge in [-0.05, 0) is 25.7 Å². The summed E-state index contributed by atoms with van der Waals surface area (Å²) in [5.74, 6) is -0.594. The second-order valence-corrected chi connectivity index (χ2v) is 4.81. The predicted octanol–water partition coefficient (Wildman–Crippen LogP) is 2.49. The molecule has 1 spiro atoms. The molecular formula is C12H15NO4. The van der Waals surface area contributed by atoms with Gasteiger partial charge in [0, 0.05) is 0 Å². The Hall–Kier alpha value is -1.65. The first kappa shape index (κ1) is 10.5. The molecule has 0 aromatic carbocycles. The molecule has 2 heterocycles. The number of rotatable bonds is 1. The number of fused-ring (bicyclic) bond motifs is 1. The van der Waals surface area contributed by atoms with Crippen molar-refractivity contribution in [1.29, 1.82) is 0 Å². The molecule has 17 heavy (non-hydrogen) atoms.